The van der Waals surface area contributed by atoms with Crippen molar-refractivity contribution in [3.63, 3.8) is 0 Å². The first kappa shape index (κ1) is 8.28. The Morgan fingerprint density at radius 2 is 1.64 bits per heavy atom. The minimum Gasteiger partial charge on any atom is -1.00 e. The summed E-state index contributed by atoms with van der Waals surface area (Å²) in [5.41, 5.74) is 1.40. The number of nitrogens with zero attached hydrogens (tertiary/aromatic N) is 1. The standard InChI is InChI=1S/C10H16N.H/c1-11(2,3)9-10-7-5-4-6-8-10;/h4-8H,9H2,1-3H3;/q+1;-1. The van der Waals surface area contributed by atoms with Gasteiger partial charge in [-0.05, 0) is 0 Å². The molecule has 1 heteroatoms. The second-order valence-electron chi connectivity index (χ2n) is 3.93. The average molecular weight is 151 g/mol. The fourth-order valence-corrected chi connectivity index (χ4v) is 1.13. The van der Waals surface area contributed by atoms with Gasteiger partial charge in [0.05, 0.1) is 21.1 Å². The van der Waals surface area contributed by atoms with E-state index in [1.54, 1.807) is 0 Å². The summed E-state index contributed by atoms with van der Waals surface area (Å²) >= 11 is 0. The number of benzene rings is 1. The van der Waals surface area contributed by atoms with E-state index in [0.717, 1.165) is 11.0 Å². The van der Waals surface area contributed by atoms with Crippen molar-refractivity contribution in [1.29, 1.82) is 0 Å². The lowest BCUT2D eigenvalue weighted by Gasteiger charge is -2.23. The van der Waals surface area contributed by atoms with E-state index in [1.165, 1.54) is 5.56 Å². The molecule has 1 rings (SSSR count). The van der Waals surface area contributed by atoms with Crippen LogP contribution in [0.25, 0.3) is 0 Å². The summed E-state index contributed by atoms with van der Waals surface area (Å²) in [4.78, 5) is 0. The van der Waals surface area contributed by atoms with Crippen molar-refractivity contribution >= 4 is 0 Å². The van der Waals surface area contributed by atoms with Crippen LogP contribution in [0.1, 0.15) is 6.99 Å². The van der Waals surface area contributed by atoms with Gasteiger partial charge < -0.3 is 5.91 Å². The molecule has 1 aromatic carbocycles. The molecule has 0 saturated carbocycles. The van der Waals surface area contributed by atoms with Crippen molar-refractivity contribution in [2.45, 2.75) is 6.54 Å². The third kappa shape index (κ3) is 3.19. The third-order valence-corrected chi connectivity index (χ3v) is 1.50. The van der Waals surface area contributed by atoms with Crippen molar-refractivity contribution < 1.29 is 5.91 Å². The molecule has 0 heterocycles. The number of hydrogen-bond acceptors (Lipinski definition) is 0. The second-order valence-corrected chi connectivity index (χ2v) is 3.93. The second kappa shape index (κ2) is 3.05. The van der Waals surface area contributed by atoms with Gasteiger partial charge in [-0.15, -0.1) is 0 Å². The van der Waals surface area contributed by atoms with Crippen LogP contribution in [0.5, 0.6) is 0 Å². The fraction of sp³-hybridized carbons (Fsp3) is 0.400. The van der Waals surface area contributed by atoms with E-state index < -0.39 is 0 Å². The number of hydrogen-bond donors (Lipinski definition) is 0. The van der Waals surface area contributed by atoms with Gasteiger partial charge in [0.25, 0.3) is 0 Å². The first-order valence-electron chi connectivity index (χ1n) is 3.92. The molecule has 0 saturated heterocycles. The van der Waals surface area contributed by atoms with E-state index in [9.17, 15) is 0 Å². The highest BCUT2D eigenvalue weighted by Crippen LogP contribution is 2.04. The third-order valence-electron chi connectivity index (χ3n) is 1.50. The lowest BCUT2D eigenvalue weighted by molar-refractivity contribution is -0.884. The molecule has 0 unspecified atom stereocenters. The van der Waals surface area contributed by atoms with Crippen molar-refractivity contribution in [1.82, 2.24) is 0 Å². The molecule has 0 aliphatic rings. The largest absolute Gasteiger partial charge is 1.00 e. The van der Waals surface area contributed by atoms with Gasteiger partial charge in [0.2, 0.25) is 0 Å². The zero-order chi connectivity index (χ0) is 8.32. The molecule has 0 radical (unpaired) electrons. The molecule has 1 nitrogen and oxygen atoms in total. The van der Waals surface area contributed by atoms with Gasteiger partial charge in [0.15, 0.2) is 0 Å². The molecule has 0 bridgehead atoms. The lowest BCUT2D eigenvalue weighted by Crippen LogP contribution is -2.33. The molecule has 0 fully saturated rings. The first-order valence-corrected chi connectivity index (χ1v) is 3.92. The highest BCUT2D eigenvalue weighted by molar-refractivity contribution is 5.13. The summed E-state index contributed by atoms with van der Waals surface area (Å²) in [6.07, 6.45) is 0. The Balaban J connectivity index is 0.00000121. The van der Waals surface area contributed by atoms with Crippen LogP contribution >= 0.6 is 0 Å². The zero-order valence-corrected chi connectivity index (χ0v) is 7.54. The SMILES string of the molecule is C[N+](C)(C)Cc1ccccc1.[H-]. The maximum atomic E-state index is 2.20. The number of rotatable bonds is 2. The van der Waals surface area contributed by atoms with Crippen LogP contribution in [0.4, 0.5) is 0 Å². The Kier molecular flexibility index (Phi) is 2.30. The van der Waals surface area contributed by atoms with Gasteiger partial charge in [-0.2, -0.15) is 0 Å². The van der Waals surface area contributed by atoms with E-state index in [-0.39, 0.29) is 1.43 Å². The molecule has 11 heavy (non-hydrogen) atoms. The average Bonchev–Trinajstić information content (AvgIpc) is 1.85. The Morgan fingerprint density at radius 1 is 1.09 bits per heavy atom. The van der Waals surface area contributed by atoms with Crippen LogP contribution in [-0.2, 0) is 6.54 Å². The summed E-state index contributed by atoms with van der Waals surface area (Å²) in [6.45, 7) is 1.10. The summed E-state index contributed by atoms with van der Waals surface area (Å²) in [5, 5.41) is 0. The quantitative estimate of drug-likeness (QED) is 0.567. The maximum absolute atomic E-state index is 2.20. The van der Waals surface area contributed by atoms with Crippen LogP contribution < -0.4 is 0 Å². The topological polar surface area (TPSA) is 0 Å². The Morgan fingerprint density at radius 3 is 2.09 bits per heavy atom. The molecule has 0 aromatic heterocycles. The molecule has 0 aliphatic heterocycles. The Bertz CT molecular complexity index is 213. The van der Waals surface area contributed by atoms with E-state index >= 15 is 0 Å². The van der Waals surface area contributed by atoms with Crippen molar-refractivity contribution in [2.24, 2.45) is 0 Å². The van der Waals surface area contributed by atoms with Gasteiger partial charge in [0, 0.05) is 5.56 Å². The van der Waals surface area contributed by atoms with Crippen LogP contribution in [0, 0.1) is 0 Å². The van der Waals surface area contributed by atoms with Gasteiger partial charge in [0.1, 0.15) is 6.54 Å². The van der Waals surface area contributed by atoms with Crippen molar-refractivity contribution in [2.75, 3.05) is 21.1 Å². The predicted molar refractivity (Wildman–Crippen MR) is 49.3 cm³/mol. The van der Waals surface area contributed by atoms with Crippen molar-refractivity contribution in [3.05, 3.63) is 35.9 Å². The summed E-state index contributed by atoms with van der Waals surface area (Å²) in [6, 6.07) is 10.6. The molecule has 1 aromatic rings. The monoisotopic (exact) mass is 151 g/mol. The molecule has 0 amide bonds. The van der Waals surface area contributed by atoms with Gasteiger partial charge >= 0.3 is 0 Å². The van der Waals surface area contributed by atoms with E-state index in [4.69, 9.17) is 0 Å². The van der Waals surface area contributed by atoms with Crippen LogP contribution in [0.3, 0.4) is 0 Å². The van der Waals surface area contributed by atoms with Gasteiger partial charge in [-0.3, -0.25) is 0 Å². The molecule has 0 N–H and O–H groups in total. The Hall–Kier alpha value is -0.820. The van der Waals surface area contributed by atoms with E-state index in [2.05, 4.69) is 51.5 Å². The molecule has 0 aliphatic carbocycles. The molecular formula is C10H17N. The molecule has 0 spiro atoms. The number of quaternary nitrogens is 1. The molecule has 0 atom stereocenters. The van der Waals surface area contributed by atoms with Crippen LogP contribution in [-0.4, -0.2) is 25.6 Å². The fourth-order valence-electron chi connectivity index (χ4n) is 1.13. The van der Waals surface area contributed by atoms with Crippen LogP contribution in [0.15, 0.2) is 30.3 Å². The smallest absolute Gasteiger partial charge is 0.104 e. The van der Waals surface area contributed by atoms with E-state index in [1.807, 2.05) is 0 Å². The van der Waals surface area contributed by atoms with Crippen molar-refractivity contribution in [3.8, 4) is 0 Å². The lowest BCUT2D eigenvalue weighted by atomic mass is 10.2. The highest BCUT2D eigenvalue weighted by atomic mass is 15.3. The summed E-state index contributed by atoms with van der Waals surface area (Å²) in [7, 11) is 6.60. The predicted octanol–water partition coefficient (Wildman–Crippen LogP) is 2.01. The molecular weight excluding hydrogens is 134 g/mol. The maximum Gasteiger partial charge on any atom is 0.104 e. The van der Waals surface area contributed by atoms with E-state index in [0.29, 0.717) is 0 Å². The van der Waals surface area contributed by atoms with Gasteiger partial charge in [-0.1, -0.05) is 30.3 Å². The van der Waals surface area contributed by atoms with Gasteiger partial charge in [-0.25, -0.2) is 0 Å². The molecule has 62 valence electrons. The minimum atomic E-state index is 0. The summed E-state index contributed by atoms with van der Waals surface area (Å²) < 4.78 is 0.990. The first-order chi connectivity index (χ1) is 5.08. The minimum absolute atomic E-state index is 0. The normalized spacial score (nSPS) is 11.5. The summed E-state index contributed by atoms with van der Waals surface area (Å²) in [5.74, 6) is 0. The highest BCUT2D eigenvalue weighted by Gasteiger charge is 2.06. The Labute approximate surface area is 70.3 Å². The van der Waals surface area contributed by atoms with Crippen LogP contribution in [0.2, 0.25) is 0 Å². The zero-order valence-electron chi connectivity index (χ0n) is 8.54.